The molecule has 4 N–H and O–H groups in total. The number of halogens is 1. The highest BCUT2D eigenvalue weighted by molar-refractivity contribution is 6.41. The highest BCUT2D eigenvalue weighted by atomic mass is 35.5. The molecule has 0 bridgehead atoms. The number of ketones is 1. The molecule has 0 saturated carbocycles. The molecule has 0 heterocycles. The number of para-hydroxylation sites is 2. The topological polar surface area (TPSA) is 108 Å². The van der Waals surface area contributed by atoms with Gasteiger partial charge < -0.3 is 10.4 Å². The molecule has 31 heavy (non-hydrogen) atoms. The predicted molar refractivity (Wildman–Crippen MR) is 119 cm³/mol. The average Bonchev–Trinajstić information content (AvgIpc) is 2.78. The van der Waals surface area contributed by atoms with Gasteiger partial charge in [0.1, 0.15) is 5.76 Å². The first kappa shape index (κ1) is 21.6. The van der Waals surface area contributed by atoms with Crippen molar-refractivity contribution in [3.63, 3.8) is 0 Å². The first-order chi connectivity index (χ1) is 14.9. The van der Waals surface area contributed by atoms with E-state index in [1.165, 1.54) is 24.3 Å². The van der Waals surface area contributed by atoms with Crippen molar-refractivity contribution in [1.29, 1.82) is 0 Å². The molecule has 7 nitrogen and oxygen atoms in total. The molecule has 2 amide bonds. The lowest BCUT2D eigenvalue weighted by Crippen LogP contribution is -2.44. The van der Waals surface area contributed by atoms with E-state index in [9.17, 15) is 19.5 Å². The van der Waals surface area contributed by atoms with E-state index in [1.807, 2.05) is 35.8 Å². The van der Waals surface area contributed by atoms with Crippen LogP contribution in [0.25, 0.3) is 5.76 Å². The van der Waals surface area contributed by atoms with Crippen LogP contribution in [0, 0.1) is 0 Å². The maximum atomic E-state index is 12.5. The van der Waals surface area contributed by atoms with Crippen molar-refractivity contribution < 1.29 is 19.5 Å². The molecule has 3 aromatic rings. The van der Waals surface area contributed by atoms with Crippen LogP contribution in [0.2, 0.25) is 5.02 Å². The van der Waals surface area contributed by atoms with Crippen LogP contribution in [0.15, 0.2) is 84.9 Å². The van der Waals surface area contributed by atoms with Crippen molar-refractivity contribution in [1.82, 2.24) is 10.9 Å². The van der Waals surface area contributed by atoms with E-state index < -0.39 is 23.4 Å². The fraction of sp³-hybridized carbons (Fsp3) is 0. The number of amides is 2. The van der Waals surface area contributed by atoms with Crippen LogP contribution in [-0.4, -0.2) is 22.7 Å². The van der Waals surface area contributed by atoms with E-state index in [4.69, 9.17) is 11.6 Å². The zero-order chi connectivity index (χ0) is 22.2. The summed E-state index contributed by atoms with van der Waals surface area (Å²) < 4.78 is 0. The second kappa shape index (κ2) is 10.1. The second-order valence-corrected chi connectivity index (χ2v) is 6.78. The Morgan fingerprint density at radius 3 is 2.16 bits per heavy atom. The van der Waals surface area contributed by atoms with Gasteiger partial charge in [0, 0.05) is 22.3 Å². The van der Waals surface area contributed by atoms with Crippen LogP contribution in [0.1, 0.15) is 15.9 Å². The van der Waals surface area contributed by atoms with Gasteiger partial charge in [-0.2, -0.15) is 0 Å². The highest BCUT2D eigenvalue weighted by Crippen LogP contribution is 2.20. The van der Waals surface area contributed by atoms with E-state index in [-0.39, 0.29) is 5.56 Å². The minimum absolute atomic E-state index is 0.263. The van der Waals surface area contributed by atoms with Gasteiger partial charge in [0.25, 0.3) is 5.91 Å². The first-order valence-electron chi connectivity index (χ1n) is 9.16. The van der Waals surface area contributed by atoms with E-state index in [1.54, 1.807) is 24.3 Å². The smallest absolute Gasteiger partial charge is 0.310 e. The molecule has 0 aliphatic carbocycles. The number of aliphatic hydroxyl groups is 1. The van der Waals surface area contributed by atoms with Crippen LogP contribution in [-0.2, 0) is 9.59 Å². The summed E-state index contributed by atoms with van der Waals surface area (Å²) in [5, 5.41) is 13.6. The number of hydrogen-bond acceptors (Lipinski definition) is 5. The summed E-state index contributed by atoms with van der Waals surface area (Å²) in [4.78, 5) is 36.5. The fourth-order valence-corrected chi connectivity index (χ4v) is 2.73. The molecule has 8 heteroatoms. The lowest BCUT2D eigenvalue weighted by atomic mass is 10.1. The van der Waals surface area contributed by atoms with Crippen molar-refractivity contribution in [2.45, 2.75) is 0 Å². The molecule has 0 aliphatic rings. The van der Waals surface area contributed by atoms with Crippen LogP contribution < -0.4 is 16.2 Å². The Morgan fingerprint density at radius 2 is 1.45 bits per heavy atom. The maximum absolute atomic E-state index is 12.5. The SMILES string of the molecule is O=C(C=C(O)c1ccc(Cl)cc1)C(=O)NNC(=O)c1ccccc1Nc1ccccc1. The highest BCUT2D eigenvalue weighted by Gasteiger charge is 2.16. The number of carbonyl (C=O) groups is 3. The third-order valence-corrected chi connectivity index (χ3v) is 4.40. The number of anilines is 2. The zero-order valence-corrected chi connectivity index (χ0v) is 16.9. The summed E-state index contributed by atoms with van der Waals surface area (Å²) in [7, 11) is 0. The monoisotopic (exact) mass is 435 g/mol. The van der Waals surface area contributed by atoms with Crippen molar-refractivity contribution in [3.8, 4) is 0 Å². The van der Waals surface area contributed by atoms with Gasteiger partial charge in [-0.1, -0.05) is 41.9 Å². The molecule has 0 aliphatic heterocycles. The van der Waals surface area contributed by atoms with Gasteiger partial charge >= 0.3 is 5.91 Å². The predicted octanol–water partition coefficient (Wildman–Crippen LogP) is 4.01. The fourth-order valence-electron chi connectivity index (χ4n) is 2.60. The van der Waals surface area contributed by atoms with Crippen molar-refractivity contribution >= 4 is 46.3 Å². The van der Waals surface area contributed by atoms with Gasteiger partial charge in [-0.25, -0.2) is 0 Å². The largest absolute Gasteiger partial charge is 0.507 e. The molecule has 0 atom stereocenters. The van der Waals surface area contributed by atoms with Crippen molar-refractivity contribution in [3.05, 3.63) is 101 Å². The van der Waals surface area contributed by atoms with Crippen LogP contribution in [0.3, 0.4) is 0 Å². The Hall–Kier alpha value is -4.10. The Bertz CT molecular complexity index is 1130. The molecular weight excluding hydrogens is 418 g/mol. The van der Waals surface area contributed by atoms with Gasteiger partial charge in [-0.05, 0) is 48.5 Å². The Morgan fingerprint density at radius 1 is 0.806 bits per heavy atom. The van der Waals surface area contributed by atoms with Gasteiger partial charge in [-0.3, -0.25) is 25.2 Å². The molecule has 0 unspecified atom stereocenters. The number of rotatable bonds is 6. The normalized spacial score (nSPS) is 10.8. The molecule has 0 spiro atoms. The Kier molecular flexibility index (Phi) is 7.03. The van der Waals surface area contributed by atoms with E-state index in [0.717, 1.165) is 11.8 Å². The van der Waals surface area contributed by atoms with E-state index in [2.05, 4.69) is 10.7 Å². The van der Waals surface area contributed by atoms with Crippen LogP contribution in [0.5, 0.6) is 0 Å². The first-order valence-corrected chi connectivity index (χ1v) is 9.54. The molecule has 0 radical (unpaired) electrons. The molecule has 0 saturated heterocycles. The van der Waals surface area contributed by atoms with Gasteiger partial charge in [0.15, 0.2) is 0 Å². The number of hydrogen-bond donors (Lipinski definition) is 4. The summed E-state index contributed by atoms with van der Waals surface area (Å²) in [6.45, 7) is 0. The molecule has 0 aromatic heterocycles. The van der Waals surface area contributed by atoms with Gasteiger partial charge in [0.05, 0.1) is 11.3 Å². The van der Waals surface area contributed by atoms with E-state index in [0.29, 0.717) is 16.3 Å². The second-order valence-electron chi connectivity index (χ2n) is 6.35. The number of carbonyl (C=O) groups excluding carboxylic acids is 3. The lowest BCUT2D eigenvalue weighted by molar-refractivity contribution is -0.135. The summed E-state index contributed by atoms with van der Waals surface area (Å²) >= 11 is 5.77. The van der Waals surface area contributed by atoms with Crippen LogP contribution in [0.4, 0.5) is 11.4 Å². The number of aliphatic hydroxyl groups excluding tert-OH is 1. The summed E-state index contributed by atoms with van der Waals surface area (Å²) in [5.74, 6) is -3.17. The Labute approximate surface area is 183 Å². The summed E-state index contributed by atoms with van der Waals surface area (Å²) in [5.41, 5.74) is 6.12. The minimum Gasteiger partial charge on any atom is -0.507 e. The van der Waals surface area contributed by atoms with Crippen molar-refractivity contribution in [2.75, 3.05) is 5.32 Å². The number of hydrazine groups is 1. The average molecular weight is 436 g/mol. The van der Waals surface area contributed by atoms with Gasteiger partial charge in [0.2, 0.25) is 5.78 Å². The lowest BCUT2D eigenvalue weighted by Gasteiger charge is -2.12. The zero-order valence-electron chi connectivity index (χ0n) is 16.1. The molecule has 3 rings (SSSR count). The van der Waals surface area contributed by atoms with Crippen LogP contribution >= 0.6 is 11.6 Å². The third kappa shape index (κ3) is 5.94. The molecular formula is C23H18ClN3O4. The Balaban J connectivity index is 1.63. The number of nitrogens with one attached hydrogen (secondary N) is 3. The molecule has 3 aromatic carbocycles. The number of benzene rings is 3. The van der Waals surface area contributed by atoms with Crippen molar-refractivity contribution in [2.24, 2.45) is 0 Å². The quantitative estimate of drug-likeness (QED) is 0.202. The molecule has 0 fully saturated rings. The van der Waals surface area contributed by atoms with E-state index >= 15 is 0 Å². The summed E-state index contributed by atoms with van der Waals surface area (Å²) in [6, 6.07) is 22.0. The third-order valence-electron chi connectivity index (χ3n) is 4.15. The minimum atomic E-state index is -1.11. The van der Waals surface area contributed by atoms with Gasteiger partial charge in [-0.15, -0.1) is 0 Å². The maximum Gasteiger partial charge on any atom is 0.310 e. The summed E-state index contributed by atoms with van der Waals surface area (Å²) in [6.07, 6.45) is 0.760. The standard InChI is InChI=1S/C23H18ClN3O4/c24-16-12-10-15(11-13-16)20(28)14-21(29)23(31)27-26-22(30)18-8-4-5-9-19(18)25-17-6-2-1-3-7-17/h1-14,25,28H,(H,26,30)(H,27,31). The molecule has 156 valence electrons.